The molecule has 1 aliphatic carbocycles. The summed E-state index contributed by atoms with van der Waals surface area (Å²) in [5.41, 5.74) is 0.911. The van der Waals surface area contributed by atoms with E-state index < -0.39 is 0 Å². The fourth-order valence-electron chi connectivity index (χ4n) is 4.15. The Morgan fingerprint density at radius 3 is 2.63 bits per heavy atom. The molecule has 2 N–H and O–H groups in total. The van der Waals surface area contributed by atoms with E-state index in [2.05, 4.69) is 10.2 Å². The number of nitrogen functional groups attached to an aromatic ring is 1. The van der Waals surface area contributed by atoms with Crippen molar-refractivity contribution in [3.63, 3.8) is 0 Å². The van der Waals surface area contributed by atoms with Crippen LogP contribution in [0.5, 0.6) is 11.5 Å². The fraction of sp³-hybridized carbons (Fsp3) is 0.400. The lowest BCUT2D eigenvalue weighted by atomic mass is 9.94. The number of ether oxygens (including phenoxy) is 2. The summed E-state index contributed by atoms with van der Waals surface area (Å²) in [5.74, 6) is 7.83. The van der Waals surface area contributed by atoms with Crippen LogP contribution < -0.4 is 15.3 Å². The number of nitrogens with two attached hydrogens (primary N) is 1. The number of halogens is 1. The first-order valence-electron chi connectivity index (χ1n) is 11.7. The molecule has 1 heterocycles. The van der Waals surface area contributed by atoms with Gasteiger partial charge < -0.3 is 20.2 Å². The summed E-state index contributed by atoms with van der Waals surface area (Å²) >= 11 is 1.25. The second kappa shape index (κ2) is 11.9. The maximum absolute atomic E-state index is 13.3. The first kappa shape index (κ1) is 24.8. The lowest BCUT2D eigenvalue weighted by molar-refractivity contribution is -0.132. The van der Waals surface area contributed by atoms with Crippen LogP contribution in [-0.2, 0) is 17.9 Å². The van der Waals surface area contributed by atoms with Gasteiger partial charge in [0.25, 0.3) is 0 Å². The molecule has 0 saturated heterocycles. The first-order chi connectivity index (χ1) is 17.0. The third-order valence-electron chi connectivity index (χ3n) is 6.07. The Morgan fingerprint density at radius 2 is 1.89 bits per heavy atom. The van der Waals surface area contributed by atoms with Gasteiger partial charge in [-0.25, -0.2) is 9.07 Å². The summed E-state index contributed by atoms with van der Waals surface area (Å²) in [6.45, 7) is 0.587. The Bertz CT molecular complexity index is 1120. The van der Waals surface area contributed by atoms with Crippen LogP contribution in [0, 0.1) is 5.82 Å². The van der Waals surface area contributed by atoms with Crippen molar-refractivity contribution in [2.75, 3.05) is 18.7 Å². The summed E-state index contributed by atoms with van der Waals surface area (Å²) in [6.07, 6.45) is 5.38. The molecule has 186 valence electrons. The number of hydrogen-bond donors (Lipinski definition) is 1. The molecule has 4 rings (SSSR count). The van der Waals surface area contributed by atoms with Crippen LogP contribution in [0.15, 0.2) is 53.7 Å². The molecule has 0 unspecified atom stereocenters. The second-order valence-electron chi connectivity index (χ2n) is 8.47. The highest BCUT2D eigenvalue weighted by Gasteiger charge is 2.26. The number of rotatable bonds is 10. The van der Waals surface area contributed by atoms with E-state index in [0.29, 0.717) is 29.0 Å². The Kier molecular flexibility index (Phi) is 8.46. The number of hydrogen-bond acceptors (Lipinski definition) is 7. The molecular formula is C25H30FN5O3S. The van der Waals surface area contributed by atoms with Crippen LogP contribution in [-0.4, -0.2) is 44.6 Å². The Morgan fingerprint density at radius 1 is 1.14 bits per heavy atom. The topological polar surface area (TPSA) is 95.5 Å². The number of thioether (sulfide) groups is 1. The van der Waals surface area contributed by atoms with E-state index in [-0.39, 0.29) is 30.1 Å². The molecule has 0 bridgehead atoms. The molecular weight excluding hydrogens is 469 g/mol. The molecule has 0 spiro atoms. The molecule has 8 nitrogen and oxygen atoms in total. The van der Waals surface area contributed by atoms with Gasteiger partial charge in [-0.05, 0) is 42.7 Å². The Hall–Kier alpha value is -3.27. The minimum absolute atomic E-state index is 0.00315. The average Bonchev–Trinajstić information content (AvgIpc) is 3.25. The van der Waals surface area contributed by atoms with Gasteiger partial charge in [0, 0.05) is 18.7 Å². The van der Waals surface area contributed by atoms with E-state index in [1.54, 1.807) is 25.3 Å². The number of methoxy groups -OCH3 is 1. The number of aromatic nitrogens is 3. The van der Waals surface area contributed by atoms with Crippen molar-refractivity contribution in [2.45, 2.75) is 56.5 Å². The molecule has 1 aliphatic rings. The standard InChI is InChI=1S/C25H30FN5O3S/c1-33-21-8-5-9-22(14-21)34-16-23-28-29-25(31(23)27)35-17-24(32)30(20-6-3-2-4-7-20)15-18-10-12-19(26)13-11-18/h5,8-14,20H,2-4,6-7,15-17,27H2,1H3. The molecule has 10 heteroatoms. The van der Waals surface area contributed by atoms with Crippen LogP contribution in [0.1, 0.15) is 43.5 Å². The highest BCUT2D eigenvalue weighted by molar-refractivity contribution is 7.99. The number of carbonyl (C=O) groups excluding carboxylic acids is 1. The number of amides is 1. The molecule has 3 aromatic rings. The lowest BCUT2D eigenvalue weighted by Crippen LogP contribution is -2.42. The van der Waals surface area contributed by atoms with Gasteiger partial charge in [-0.15, -0.1) is 10.2 Å². The smallest absolute Gasteiger partial charge is 0.233 e. The molecule has 35 heavy (non-hydrogen) atoms. The van der Waals surface area contributed by atoms with Crippen LogP contribution in [0.25, 0.3) is 0 Å². The Balaban J connectivity index is 1.37. The van der Waals surface area contributed by atoms with Gasteiger partial charge in [0.1, 0.15) is 23.9 Å². The van der Waals surface area contributed by atoms with E-state index in [1.807, 2.05) is 23.1 Å². The monoisotopic (exact) mass is 499 g/mol. The highest BCUT2D eigenvalue weighted by Crippen LogP contribution is 2.26. The van der Waals surface area contributed by atoms with Gasteiger partial charge in [-0.1, -0.05) is 49.2 Å². The molecule has 0 aliphatic heterocycles. The molecule has 0 radical (unpaired) electrons. The molecule has 2 aromatic carbocycles. The predicted octanol–water partition coefficient (Wildman–Crippen LogP) is 4.17. The zero-order valence-electron chi connectivity index (χ0n) is 19.7. The summed E-state index contributed by atoms with van der Waals surface area (Å²) in [6, 6.07) is 13.8. The zero-order chi connectivity index (χ0) is 24.6. The maximum atomic E-state index is 13.3. The van der Waals surface area contributed by atoms with Gasteiger partial charge in [0.15, 0.2) is 5.82 Å². The largest absolute Gasteiger partial charge is 0.497 e. The van der Waals surface area contributed by atoms with E-state index in [1.165, 1.54) is 35.0 Å². The fourth-order valence-corrected chi connectivity index (χ4v) is 4.91. The number of nitrogens with zero attached hydrogens (tertiary/aromatic N) is 4. The van der Waals surface area contributed by atoms with Gasteiger partial charge in [-0.2, -0.15) is 0 Å². The summed E-state index contributed by atoms with van der Waals surface area (Å²) < 4.78 is 25.6. The summed E-state index contributed by atoms with van der Waals surface area (Å²) in [7, 11) is 1.59. The number of benzene rings is 2. The molecule has 1 aromatic heterocycles. The first-order valence-corrected chi connectivity index (χ1v) is 12.6. The SMILES string of the molecule is COc1cccc(OCc2nnc(SCC(=O)N(Cc3ccc(F)cc3)C3CCCCC3)n2N)c1. The average molecular weight is 500 g/mol. The van der Waals surface area contributed by atoms with Gasteiger partial charge >= 0.3 is 0 Å². The minimum atomic E-state index is -0.284. The highest BCUT2D eigenvalue weighted by atomic mass is 32.2. The van der Waals surface area contributed by atoms with Crippen LogP contribution in [0.2, 0.25) is 0 Å². The maximum Gasteiger partial charge on any atom is 0.233 e. The summed E-state index contributed by atoms with van der Waals surface area (Å²) in [4.78, 5) is 15.2. The van der Waals surface area contributed by atoms with E-state index in [0.717, 1.165) is 31.2 Å². The molecule has 1 amide bonds. The predicted molar refractivity (Wildman–Crippen MR) is 132 cm³/mol. The van der Waals surface area contributed by atoms with E-state index in [4.69, 9.17) is 15.3 Å². The van der Waals surface area contributed by atoms with Crippen molar-refractivity contribution < 1.29 is 18.7 Å². The van der Waals surface area contributed by atoms with Crippen LogP contribution in [0.3, 0.4) is 0 Å². The van der Waals surface area contributed by atoms with Crippen molar-refractivity contribution >= 4 is 17.7 Å². The van der Waals surface area contributed by atoms with Crippen LogP contribution in [0.4, 0.5) is 4.39 Å². The quantitative estimate of drug-likeness (QED) is 0.330. The Labute approximate surface area is 208 Å². The van der Waals surface area contributed by atoms with Crippen LogP contribution >= 0.6 is 11.8 Å². The minimum Gasteiger partial charge on any atom is -0.497 e. The summed E-state index contributed by atoms with van der Waals surface area (Å²) in [5, 5.41) is 8.68. The van der Waals surface area contributed by atoms with E-state index >= 15 is 0 Å². The third kappa shape index (κ3) is 6.66. The lowest BCUT2D eigenvalue weighted by Gasteiger charge is -2.34. The van der Waals surface area contributed by atoms with Gasteiger partial charge in [-0.3, -0.25) is 4.79 Å². The normalized spacial score (nSPS) is 14.0. The molecule has 1 saturated carbocycles. The molecule has 0 atom stereocenters. The third-order valence-corrected chi connectivity index (χ3v) is 7.00. The number of carbonyl (C=O) groups is 1. The zero-order valence-corrected chi connectivity index (χ0v) is 20.5. The van der Waals surface area contributed by atoms with Crippen molar-refractivity contribution in [3.05, 3.63) is 65.7 Å². The van der Waals surface area contributed by atoms with E-state index in [9.17, 15) is 9.18 Å². The van der Waals surface area contributed by atoms with Gasteiger partial charge in [0.2, 0.25) is 11.1 Å². The van der Waals surface area contributed by atoms with Crippen molar-refractivity contribution in [1.29, 1.82) is 0 Å². The van der Waals surface area contributed by atoms with Crippen molar-refractivity contribution in [3.8, 4) is 11.5 Å². The molecule has 1 fully saturated rings. The van der Waals surface area contributed by atoms with Gasteiger partial charge in [0.05, 0.1) is 12.9 Å². The van der Waals surface area contributed by atoms with Crippen molar-refractivity contribution in [1.82, 2.24) is 19.8 Å². The second-order valence-corrected chi connectivity index (χ2v) is 9.41. The van der Waals surface area contributed by atoms with Crippen molar-refractivity contribution in [2.24, 2.45) is 0 Å².